The Kier molecular flexibility index (Phi) is 6.46. The highest BCUT2D eigenvalue weighted by molar-refractivity contribution is 5.88. The molecule has 3 heterocycles. The maximum absolute atomic E-state index is 13.5. The highest BCUT2D eigenvalue weighted by Gasteiger charge is 2.27. The Morgan fingerprint density at radius 3 is 2.53 bits per heavy atom. The van der Waals surface area contributed by atoms with Crippen LogP contribution in [0.25, 0.3) is 22.4 Å². The molecule has 0 bridgehead atoms. The number of fused-ring (bicyclic) bond motifs is 1. The number of aromatic nitrogens is 3. The van der Waals surface area contributed by atoms with E-state index in [1.807, 2.05) is 34.8 Å². The molecule has 7 heteroatoms. The van der Waals surface area contributed by atoms with E-state index in [1.165, 1.54) is 12.1 Å². The zero-order valence-corrected chi connectivity index (χ0v) is 18.7. The summed E-state index contributed by atoms with van der Waals surface area (Å²) in [5.41, 5.74) is 4.54. The molecule has 3 aromatic rings. The predicted octanol–water partition coefficient (Wildman–Crippen LogP) is 3.99. The molecular weight excluding hydrogens is 405 g/mol. The third-order valence-corrected chi connectivity index (χ3v) is 5.91. The molecule has 0 radical (unpaired) electrons. The first kappa shape index (κ1) is 21.9. The monoisotopic (exact) mass is 433 g/mol. The fourth-order valence-electron chi connectivity index (χ4n) is 3.77. The van der Waals surface area contributed by atoms with E-state index >= 15 is 0 Å². The molecule has 0 N–H and O–H groups in total. The highest BCUT2D eigenvalue weighted by atomic mass is 19.1. The van der Waals surface area contributed by atoms with Crippen molar-refractivity contribution in [2.45, 2.75) is 33.0 Å². The first-order valence-electron chi connectivity index (χ1n) is 10.9. The summed E-state index contributed by atoms with van der Waals surface area (Å²) in [6.07, 6.45) is 7.07. The fraction of sp³-hybridized carbons (Fsp3) is 0.320. The van der Waals surface area contributed by atoms with Gasteiger partial charge in [0.15, 0.2) is 0 Å². The Bertz CT molecular complexity index is 1110. The summed E-state index contributed by atoms with van der Waals surface area (Å²) in [6, 6.07) is 10.7. The first-order valence-corrected chi connectivity index (χ1v) is 10.9. The molecule has 1 amide bonds. The van der Waals surface area contributed by atoms with Crippen LogP contribution in [0, 0.1) is 5.82 Å². The lowest BCUT2D eigenvalue weighted by Crippen LogP contribution is -2.37. The lowest BCUT2D eigenvalue weighted by atomic mass is 9.99. The minimum Gasteiger partial charge on any atom is -0.331 e. The molecule has 0 fully saturated rings. The molecule has 0 spiro atoms. The number of halogens is 1. The third-order valence-electron chi connectivity index (χ3n) is 5.91. The van der Waals surface area contributed by atoms with Gasteiger partial charge >= 0.3 is 0 Å². The summed E-state index contributed by atoms with van der Waals surface area (Å²) in [5, 5.41) is 4.84. The number of pyridine rings is 1. The summed E-state index contributed by atoms with van der Waals surface area (Å²) in [4.78, 5) is 21.0. The SMILES string of the molecule is CC(C)N(C)C/C=C/C(=O)N1CCn2nc(-c3ccc(F)cc3)c(-c3ccncc3)c2C1. The van der Waals surface area contributed by atoms with Crippen LogP contribution in [0.15, 0.2) is 60.9 Å². The molecule has 1 aromatic carbocycles. The van der Waals surface area contributed by atoms with Gasteiger partial charge in [0.25, 0.3) is 0 Å². The van der Waals surface area contributed by atoms with Crippen molar-refractivity contribution in [1.82, 2.24) is 24.6 Å². The summed E-state index contributed by atoms with van der Waals surface area (Å²) in [7, 11) is 2.04. The molecule has 1 aliphatic rings. The number of benzene rings is 1. The number of rotatable bonds is 6. The van der Waals surface area contributed by atoms with E-state index in [0.717, 1.165) is 34.6 Å². The van der Waals surface area contributed by atoms with Gasteiger partial charge < -0.3 is 9.80 Å². The average molecular weight is 434 g/mol. The van der Waals surface area contributed by atoms with Crippen LogP contribution in [0.4, 0.5) is 4.39 Å². The number of hydrogen-bond acceptors (Lipinski definition) is 4. The highest BCUT2D eigenvalue weighted by Crippen LogP contribution is 2.36. The molecule has 166 valence electrons. The third kappa shape index (κ3) is 4.62. The average Bonchev–Trinajstić information content (AvgIpc) is 3.18. The Morgan fingerprint density at radius 2 is 1.84 bits per heavy atom. The Morgan fingerprint density at radius 1 is 1.12 bits per heavy atom. The molecular formula is C25H28FN5O. The molecule has 32 heavy (non-hydrogen) atoms. The van der Waals surface area contributed by atoms with E-state index in [2.05, 4.69) is 23.7 Å². The van der Waals surface area contributed by atoms with Crippen LogP contribution in [0.3, 0.4) is 0 Å². The summed E-state index contributed by atoms with van der Waals surface area (Å²) in [5.74, 6) is -0.284. The lowest BCUT2D eigenvalue weighted by Gasteiger charge is -2.27. The van der Waals surface area contributed by atoms with Gasteiger partial charge in [-0.3, -0.25) is 14.5 Å². The molecule has 0 atom stereocenters. The van der Waals surface area contributed by atoms with E-state index < -0.39 is 0 Å². The maximum atomic E-state index is 13.5. The summed E-state index contributed by atoms with van der Waals surface area (Å²) in [6.45, 7) is 6.65. The van der Waals surface area contributed by atoms with Crippen LogP contribution < -0.4 is 0 Å². The van der Waals surface area contributed by atoms with Crippen molar-refractivity contribution in [3.63, 3.8) is 0 Å². The van der Waals surface area contributed by atoms with Crippen molar-refractivity contribution < 1.29 is 9.18 Å². The second-order valence-electron chi connectivity index (χ2n) is 8.33. The maximum Gasteiger partial charge on any atom is 0.246 e. The van der Waals surface area contributed by atoms with E-state index in [1.54, 1.807) is 30.6 Å². The minimum absolute atomic E-state index is 0.00128. The quantitative estimate of drug-likeness (QED) is 0.552. The smallest absolute Gasteiger partial charge is 0.246 e. The van der Waals surface area contributed by atoms with Crippen molar-refractivity contribution >= 4 is 5.91 Å². The van der Waals surface area contributed by atoms with Crippen molar-refractivity contribution in [2.75, 3.05) is 20.1 Å². The Labute approximate surface area is 188 Å². The molecule has 4 rings (SSSR count). The Balaban J connectivity index is 1.65. The lowest BCUT2D eigenvalue weighted by molar-refractivity contribution is -0.127. The minimum atomic E-state index is -0.283. The number of carbonyl (C=O) groups excluding carboxylic acids is 1. The van der Waals surface area contributed by atoms with Gasteiger partial charge in [-0.1, -0.05) is 6.08 Å². The van der Waals surface area contributed by atoms with Crippen LogP contribution in [-0.2, 0) is 17.9 Å². The molecule has 0 saturated carbocycles. The molecule has 0 aliphatic carbocycles. The number of hydrogen-bond donors (Lipinski definition) is 0. The van der Waals surface area contributed by atoms with Crippen LogP contribution in [-0.4, -0.2) is 56.7 Å². The van der Waals surface area contributed by atoms with Gasteiger partial charge in [0.05, 0.1) is 18.8 Å². The number of carbonyl (C=O) groups is 1. The van der Waals surface area contributed by atoms with Crippen LogP contribution in [0.5, 0.6) is 0 Å². The van der Waals surface area contributed by atoms with E-state index in [9.17, 15) is 9.18 Å². The van der Waals surface area contributed by atoms with E-state index in [-0.39, 0.29) is 11.7 Å². The topological polar surface area (TPSA) is 54.3 Å². The van der Waals surface area contributed by atoms with Gasteiger partial charge in [0.2, 0.25) is 5.91 Å². The molecule has 6 nitrogen and oxygen atoms in total. The van der Waals surface area contributed by atoms with Crippen molar-refractivity contribution in [3.05, 3.63) is 72.5 Å². The second kappa shape index (κ2) is 9.44. The van der Waals surface area contributed by atoms with Crippen LogP contribution in [0.1, 0.15) is 19.5 Å². The second-order valence-corrected chi connectivity index (χ2v) is 8.33. The van der Waals surface area contributed by atoms with Crippen molar-refractivity contribution in [2.24, 2.45) is 0 Å². The number of amides is 1. The molecule has 2 aromatic heterocycles. The standard InChI is InChI=1S/C25H28FN5O/c1-18(2)29(3)14-4-5-23(32)30-15-16-31-22(17-30)24(19-10-12-27-13-11-19)25(28-31)20-6-8-21(26)9-7-20/h4-13,18H,14-17H2,1-3H3/b5-4+. The molecule has 0 saturated heterocycles. The van der Waals surface area contributed by atoms with Gasteiger partial charge in [-0.2, -0.15) is 5.10 Å². The van der Waals surface area contributed by atoms with Gasteiger partial charge in [0.1, 0.15) is 11.5 Å². The molecule has 1 aliphatic heterocycles. The van der Waals surface area contributed by atoms with E-state index in [0.29, 0.717) is 25.7 Å². The van der Waals surface area contributed by atoms with Crippen molar-refractivity contribution in [1.29, 1.82) is 0 Å². The zero-order chi connectivity index (χ0) is 22.7. The largest absolute Gasteiger partial charge is 0.331 e. The molecule has 0 unspecified atom stereocenters. The summed E-state index contributed by atoms with van der Waals surface area (Å²) < 4.78 is 15.5. The van der Waals surface area contributed by atoms with Crippen molar-refractivity contribution in [3.8, 4) is 22.4 Å². The Hall–Kier alpha value is -3.32. The van der Waals surface area contributed by atoms with Crippen LogP contribution >= 0.6 is 0 Å². The van der Waals surface area contributed by atoms with Gasteiger partial charge in [-0.15, -0.1) is 0 Å². The van der Waals surface area contributed by atoms with Gasteiger partial charge in [-0.25, -0.2) is 4.39 Å². The fourth-order valence-corrected chi connectivity index (χ4v) is 3.77. The summed E-state index contributed by atoms with van der Waals surface area (Å²) >= 11 is 0. The van der Waals surface area contributed by atoms with Gasteiger partial charge in [-0.05, 0) is 62.9 Å². The van der Waals surface area contributed by atoms with Gasteiger partial charge in [0, 0.05) is 48.7 Å². The van der Waals surface area contributed by atoms with Crippen LogP contribution in [0.2, 0.25) is 0 Å². The number of nitrogens with zero attached hydrogens (tertiary/aromatic N) is 5. The zero-order valence-electron chi connectivity index (χ0n) is 18.7. The predicted molar refractivity (Wildman–Crippen MR) is 123 cm³/mol. The normalized spacial score (nSPS) is 13.9. The van der Waals surface area contributed by atoms with E-state index in [4.69, 9.17) is 5.10 Å². The number of likely N-dealkylation sites (N-methyl/N-ethyl adjacent to an activating group) is 1. The first-order chi connectivity index (χ1) is 15.4.